The van der Waals surface area contributed by atoms with Crippen LogP contribution in [0.5, 0.6) is 11.5 Å². The molecule has 6 heteroatoms. The van der Waals surface area contributed by atoms with Gasteiger partial charge in [-0.2, -0.15) is 0 Å². The normalized spacial score (nSPS) is 9.14. The van der Waals surface area contributed by atoms with Crippen LogP contribution in [0, 0.1) is 0 Å². The third-order valence-corrected chi connectivity index (χ3v) is 2.57. The van der Waals surface area contributed by atoms with E-state index in [1.807, 2.05) is 0 Å². The number of methoxy groups -OCH3 is 1. The molecule has 0 aliphatic rings. The summed E-state index contributed by atoms with van der Waals surface area (Å²) in [7, 11) is 1.43. The molecule has 0 saturated carbocycles. The average molecular weight is 302 g/mol. The number of hydrogen-bond acceptors (Lipinski definition) is 5. The standard InChI is InChI=1S/C8H8O3.C8H6O3/c1-11-8-4-6(5-9)2-3-7(8)10;9-7(8(10)11)6-4-2-1-3-5-6/h2-5,10H,1H3;1-5H,(H,10,11). The molecule has 22 heavy (non-hydrogen) atoms. The van der Waals surface area contributed by atoms with Crippen LogP contribution in [-0.2, 0) is 4.79 Å². The Labute approximate surface area is 126 Å². The molecular formula is C16H14O6. The maximum absolute atomic E-state index is 10.7. The minimum Gasteiger partial charge on any atom is -0.504 e. The van der Waals surface area contributed by atoms with Crippen molar-refractivity contribution >= 4 is 18.0 Å². The summed E-state index contributed by atoms with van der Waals surface area (Å²) in [5.41, 5.74) is 0.694. The number of aliphatic carboxylic acids is 1. The van der Waals surface area contributed by atoms with Gasteiger partial charge in [-0.25, -0.2) is 4.79 Å². The van der Waals surface area contributed by atoms with Gasteiger partial charge in [-0.3, -0.25) is 9.59 Å². The van der Waals surface area contributed by atoms with E-state index in [0.29, 0.717) is 17.6 Å². The van der Waals surface area contributed by atoms with Crippen LogP contribution in [0.3, 0.4) is 0 Å². The van der Waals surface area contributed by atoms with E-state index in [4.69, 9.17) is 14.9 Å². The molecular weight excluding hydrogens is 288 g/mol. The van der Waals surface area contributed by atoms with Crippen molar-refractivity contribution in [2.75, 3.05) is 7.11 Å². The van der Waals surface area contributed by atoms with E-state index in [2.05, 4.69) is 0 Å². The van der Waals surface area contributed by atoms with Crippen molar-refractivity contribution < 1.29 is 29.3 Å². The molecule has 0 spiro atoms. The zero-order valence-electron chi connectivity index (χ0n) is 11.7. The highest BCUT2D eigenvalue weighted by molar-refractivity contribution is 6.39. The molecule has 6 nitrogen and oxygen atoms in total. The van der Waals surface area contributed by atoms with Gasteiger partial charge in [0.2, 0.25) is 0 Å². The molecule has 0 amide bonds. The number of aldehydes is 1. The number of ether oxygens (including phenoxy) is 1. The zero-order valence-corrected chi connectivity index (χ0v) is 11.7. The summed E-state index contributed by atoms with van der Waals surface area (Å²) < 4.78 is 4.78. The van der Waals surface area contributed by atoms with E-state index in [0.717, 1.165) is 0 Å². The number of phenolic OH excluding ortho intramolecular Hbond substituents is 1. The van der Waals surface area contributed by atoms with Crippen LogP contribution in [0.4, 0.5) is 0 Å². The van der Waals surface area contributed by atoms with Crippen molar-refractivity contribution in [1.29, 1.82) is 0 Å². The summed E-state index contributed by atoms with van der Waals surface area (Å²) in [4.78, 5) is 31.1. The lowest BCUT2D eigenvalue weighted by atomic mass is 10.1. The number of carbonyl (C=O) groups excluding carboxylic acids is 2. The summed E-state index contributed by atoms with van der Waals surface area (Å²) in [6.07, 6.45) is 0.696. The highest BCUT2D eigenvalue weighted by Gasteiger charge is 2.12. The van der Waals surface area contributed by atoms with Crippen LogP contribution in [-0.4, -0.2) is 35.4 Å². The van der Waals surface area contributed by atoms with Crippen molar-refractivity contribution in [3.63, 3.8) is 0 Å². The maximum atomic E-state index is 10.7. The molecule has 0 saturated heterocycles. The van der Waals surface area contributed by atoms with E-state index >= 15 is 0 Å². The predicted molar refractivity (Wildman–Crippen MR) is 78.5 cm³/mol. The van der Waals surface area contributed by atoms with Crippen LogP contribution in [0.2, 0.25) is 0 Å². The monoisotopic (exact) mass is 302 g/mol. The molecule has 0 atom stereocenters. The Hall–Kier alpha value is -3.15. The Bertz CT molecular complexity index is 664. The Balaban J connectivity index is 0.000000220. The van der Waals surface area contributed by atoms with Crippen molar-refractivity contribution in [1.82, 2.24) is 0 Å². The number of ketones is 1. The lowest BCUT2D eigenvalue weighted by Crippen LogP contribution is -2.12. The van der Waals surface area contributed by atoms with Crippen molar-refractivity contribution in [2.24, 2.45) is 0 Å². The largest absolute Gasteiger partial charge is 0.504 e. The fourth-order valence-corrected chi connectivity index (χ4v) is 1.48. The Morgan fingerprint density at radius 3 is 2.23 bits per heavy atom. The number of rotatable bonds is 4. The highest BCUT2D eigenvalue weighted by Crippen LogP contribution is 2.25. The minimum atomic E-state index is -1.42. The number of Topliss-reactive ketones (excluding diaryl/α,β-unsaturated/α-hetero) is 1. The smallest absolute Gasteiger partial charge is 0.377 e. The van der Waals surface area contributed by atoms with Crippen LogP contribution in [0.25, 0.3) is 0 Å². The molecule has 0 fully saturated rings. The number of hydrogen-bond donors (Lipinski definition) is 2. The number of carbonyl (C=O) groups is 3. The lowest BCUT2D eigenvalue weighted by Gasteiger charge is -2.01. The van der Waals surface area contributed by atoms with Gasteiger partial charge in [-0.15, -0.1) is 0 Å². The summed E-state index contributed by atoms with van der Waals surface area (Å²) in [6, 6.07) is 12.3. The molecule has 0 radical (unpaired) electrons. The Kier molecular flexibility index (Phi) is 6.31. The van der Waals surface area contributed by atoms with Gasteiger partial charge in [0.25, 0.3) is 5.78 Å². The van der Waals surface area contributed by atoms with Crippen LogP contribution >= 0.6 is 0 Å². The first kappa shape index (κ1) is 16.9. The van der Waals surface area contributed by atoms with Crippen LogP contribution < -0.4 is 4.74 Å². The van der Waals surface area contributed by atoms with Crippen LogP contribution in [0.15, 0.2) is 48.5 Å². The van der Waals surface area contributed by atoms with Gasteiger partial charge in [0.15, 0.2) is 11.5 Å². The van der Waals surface area contributed by atoms with E-state index in [-0.39, 0.29) is 11.3 Å². The summed E-state index contributed by atoms with van der Waals surface area (Å²) >= 11 is 0. The SMILES string of the molecule is COc1cc(C=O)ccc1O.O=C(O)C(=O)c1ccccc1. The maximum Gasteiger partial charge on any atom is 0.377 e. The van der Waals surface area contributed by atoms with Crippen molar-refractivity contribution in [3.05, 3.63) is 59.7 Å². The number of phenols is 1. The Morgan fingerprint density at radius 1 is 1.09 bits per heavy atom. The second-order valence-electron chi connectivity index (χ2n) is 4.05. The summed E-state index contributed by atoms with van der Waals surface area (Å²) in [5.74, 6) is -1.94. The zero-order chi connectivity index (χ0) is 16.5. The van der Waals surface area contributed by atoms with Gasteiger partial charge in [-0.05, 0) is 18.2 Å². The van der Waals surface area contributed by atoms with E-state index in [1.54, 1.807) is 18.2 Å². The second kappa shape index (κ2) is 8.21. The van der Waals surface area contributed by atoms with Gasteiger partial charge < -0.3 is 14.9 Å². The van der Waals surface area contributed by atoms with Gasteiger partial charge in [-0.1, -0.05) is 30.3 Å². The van der Waals surface area contributed by atoms with Gasteiger partial charge in [0.05, 0.1) is 7.11 Å². The molecule has 0 aliphatic carbocycles. The predicted octanol–water partition coefficient (Wildman–Crippen LogP) is 2.17. The summed E-state index contributed by atoms with van der Waals surface area (Å²) in [5, 5.41) is 17.4. The molecule has 2 aromatic carbocycles. The molecule has 2 rings (SSSR count). The fourth-order valence-electron chi connectivity index (χ4n) is 1.48. The average Bonchev–Trinajstić information content (AvgIpc) is 2.56. The molecule has 0 unspecified atom stereocenters. The molecule has 2 aromatic rings. The molecule has 0 aliphatic heterocycles. The number of carboxylic acid groups (broad SMARTS) is 1. The molecule has 0 heterocycles. The van der Waals surface area contributed by atoms with E-state index < -0.39 is 11.8 Å². The third kappa shape index (κ3) is 4.75. The van der Waals surface area contributed by atoms with Crippen molar-refractivity contribution in [3.8, 4) is 11.5 Å². The first-order valence-electron chi connectivity index (χ1n) is 6.14. The second-order valence-corrected chi connectivity index (χ2v) is 4.05. The topological polar surface area (TPSA) is 101 Å². The quantitative estimate of drug-likeness (QED) is 0.510. The van der Waals surface area contributed by atoms with E-state index in [9.17, 15) is 14.4 Å². The molecule has 0 aromatic heterocycles. The first-order valence-corrected chi connectivity index (χ1v) is 6.14. The number of carboxylic acids is 1. The lowest BCUT2D eigenvalue weighted by molar-refractivity contribution is -0.131. The number of aromatic hydroxyl groups is 1. The van der Waals surface area contributed by atoms with Gasteiger partial charge in [0.1, 0.15) is 6.29 Å². The fraction of sp³-hybridized carbons (Fsp3) is 0.0625. The first-order chi connectivity index (χ1) is 10.5. The highest BCUT2D eigenvalue weighted by atomic mass is 16.5. The third-order valence-electron chi connectivity index (χ3n) is 2.57. The molecule has 0 bridgehead atoms. The van der Waals surface area contributed by atoms with Gasteiger partial charge in [0, 0.05) is 11.1 Å². The van der Waals surface area contributed by atoms with Gasteiger partial charge >= 0.3 is 5.97 Å². The molecule has 114 valence electrons. The Morgan fingerprint density at radius 2 is 1.73 bits per heavy atom. The summed E-state index contributed by atoms with van der Waals surface area (Å²) in [6.45, 7) is 0. The number of benzene rings is 2. The van der Waals surface area contributed by atoms with Crippen molar-refractivity contribution in [2.45, 2.75) is 0 Å². The van der Waals surface area contributed by atoms with E-state index in [1.165, 1.54) is 37.4 Å². The minimum absolute atomic E-state index is 0.0399. The molecule has 2 N–H and O–H groups in total. The van der Waals surface area contributed by atoms with Crippen LogP contribution in [0.1, 0.15) is 20.7 Å².